The second kappa shape index (κ2) is 5.76. The summed E-state index contributed by atoms with van der Waals surface area (Å²) in [6, 6.07) is 0.0439. The predicted octanol–water partition coefficient (Wildman–Crippen LogP) is 1.00. The van der Waals surface area contributed by atoms with Gasteiger partial charge in [0.1, 0.15) is 0 Å². The molecule has 1 atom stereocenters. The summed E-state index contributed by atoms with van der Waals surface area (Å²) in [4.78, 5) is 9.77. The normalized spacial score (nSPS) is 13.1. The Labute approximate surface area is 56.4 Å². The molecular formula is C7H14NO. The largest absolute Gasteiger partial charge is 0.327 e. The maximum absolute atomic E-state index is 9.77. The molecule has 0 aromatic rings. The van der Waals surface area contributed by atoms with Crippen LogP contribution in [-0.2, 0) is 4.79 Å². The van der Waals surface area contributed by atoms with Crippen LogP contribution in [0, 0.1) is 0 Å². The van der Waals surface area contributed by atoms with Crippen molar-refractivity contribution < 1.29 is 4.79 Å². The minimum Gasteiger partial charge on any atom is -0.327 e. The van der Waals surface area contributed by atoms with E-state index in [4.69, 9.17) is 5.73 Å². The molecule has 0 aliphatic carbocycles. The molecule has 0 bridgehead atoms. The van der Waals surface area contributed by atoms with E-state index in [9.17, 15) is 4.79 Å². The molecule has 2 nitrogen and oxygen atoms in total. The molecule has 0 heterocycles. The van der Waals surface area contributed by atoms with Gasteiger partial charge in [0.25, 0.3) is 0 Å². The lowest BCUT2D eigenvalue weighted by Crippen LogP contribution is -2.19. The first-order chi connectivity index (χ1) is 4.31. The van der Waals surface area contributed by atoms with E-state index >= 15 is 0 Å². The van der Waals surface area contributed by atoms with Crippen molar-refractivity contribution in [2.45, 2.75) is 38.6 Å². The Balaban J connectivity index is 3.04. The van der Waals surface area contributed by atoms with Crippen molar-refractivity contribution >= 4 is 6.29 Å². The van der Waals surface area contributed by atoms with Gasteiger partial charge in [-0.3, -0.25) is 4.79 Å². The topological polar surface area (TPSA) is 43.1 Å². The van der Waals surface area contributed by atoms with E-state index in [0.29, 0.717) is 6.42 Å². The third kappa shape index (κ3) is 5.50. The van der Waals surface area contributed by atoms with Crippen LogP contribution >= 0.6 is 0 Å². The summed E-state index contributed by atoms with van der Waals surface area (Å²) in [6.45, 7) is 2.11. The standard InChI is InChI=1S/C7H14NO/c1-2-3-4-7(8)5-6-9/h7H,2-5,8H2,1H3. The highest BCUT2D eigenvalue weighted by Gasteiger charge is 1.98. The highest BCUT2D eigenvalue weighted by molar-refractivity contribution is 5.51. The van der Waals surface area contributed by atoms with Crippen molar-refractivity contribution in [3.8, 4) is 0 Å². The third-order valence-electron chi connectivity index (χ3n) is 1.27. The molecule has 0 rings (SSSR count). The zero-order valence-electron chi connectivity index (χ0n) is 5.89. The predicted molar refractivity (Wildman–Crippen MR) is 37.8 cm³/mol. The van der Waals surface area contributed by atoms with E-state index in [2.05, 4.69) is 6.92 Å². The van der Waals surface area contributed by atoms with Gasteiger partial charge in [-0.05, 0) is 6.42 Å². The summed E-state index contributed by atoms with van der Waals surface area (Å²) >= 11 is 0. The van der Waals surface area contributed by atoms with Crippen molar-refractivity contribution in [3.63, 3.8) is 0 Å². The Bertz CT molecular complexity index is 73.3. The lowest BCUT2D eigenvalue weighted by atomic mass is 10.1. The number of unbranched alkanes of at least 4 members (excludes halogenated alkanes) is 1. The Hall–Kier alpha value is -0.370. The quantitative estimate of drug-likeness (QED) is 0.600. The van der Waals surface area contributed by atoms with Crippen LogP contribution in [0.1, 0.15) is 32.6 Å². The second-order valence-electron chi connectivity index (χ2n) is 2.25. The number of nitrogens with two attached hydrogens (primary N) is 1. The van der Waals surface area contributed by atoms with Gasteiger partial charge in [0.15, 0.2) is 6.29 Å². The summed E-state index contributed by atoms with van der Waals surface area (Å²) in [5, 5.41) is 0. The van der Waals surface area contributed by atoms with Crippen LogP contribution in [0.15, 0.2) is 0 Å². The van der Waals surface area contributed by atoms with Crippen molar-refractivity contribution in [2.75, 3.05) is 0 Å². The highest BCUT2D eigenvalue weighted by Crippen LogP contribution is 1.99. The van der Waals surface area contributed by atoms with Gasteiger partial charge in [-0.1, -0.05) is 19.8 Å². The first-order valence-corrected chi connectivity index (χ1v) is 3.41. The molecule has 0 aliphatic heterocycles. The Morgan fingerprint density at radius 2 is 2.33 bits per heavy atom. The first-order valence-electron chi connectivity index (χ1n) is 3.41. The molecule has 0 fully saturated rings. The average Bonchev–Trinajstić information content (AvgIpc) is 1.85. The smallest absolute Gasteiger partial charge is 0.199 e. The SMILES string of the molecule is CCCCC(N)C[C]=O. The molecule has 1 radical (unpaired) electrons. The van der Waals surface area contributed by atoms with Gasteiger partial charge in [0.2, 0.25) is 0 Å². The minimum absolute atomic E-state index is 0.0439. The van der Waals surface area contributed by atoms with Crippen molar-refractivity contribution in [1.29, 1.82) is 0 Å². The van der Waals surface area contributed by atoms with Gasteiger partial charge >= 0.3 is 0 Å². The summed E-state index contributed by atoms with van der Waals surface area (Å²) < 4.78 is 0. The summed E-state index contributed by atoms with van der Waals surface area (Å²) in [6.07, 6.45) is 5.40. The lowest BCUT2D eigenvalue weighted by Gasteiger charge is -2.03. The van der Waals surface area contributed by atoms with E-state index in [-0.39, 0.29) is 6.04 Å². The Morgan fingerprint density at radius 1 is 1.67 bits per heavy atom. The van der Waals surface area contributed by atoms with Crippen LogP contribution in [-0.4, -0.2) is 12.3 Å². The molecule has 0 amide bonds. The zero-order valence-corrected chi connectivity index (χ0v) is 5.89. The molecule has 2 N–H and O–H groups in total. The van der Waals surface area contributed by atoms with Crippen molar-refractivity contribution in [3.05, 3.63) is 0 Å². The van der Waals surface area contributed by atoms with Crippen LogP contribution in [0.25, 0.3) is 0 Å². The number of hydrogen-bond acceptors (Lipinski definition) is 2. The summed E-state index contributed by atoms with van der Waals surface area (Å²) in [5.74, 6) is 0. The molecule has 1 unspecified atom stereocenters. The third-order valence-corrected chi connectivity index (χ3v) is 1.27. The van der Waals surface area contributed by atoms with E-state index in [0.717, 1.165) is 19.3 Å². The van der Waals surface area contributed by atoms with E-state index in [1.54, 1.807) is 6.29 Å². The van der Waals surface area contributed by atoms with Crippen LogP contribution in [0.3, 0.4) is 0 Å². The maximum atomic E-state index is 9.77. The molecule has 53 valence electrons. The minimum atomic E-state index is 0.0439. The van der Waals surface area contributed by atoms with Gasteiger partial charge in [-0.15, -0.1) is 0 Å². The molecule has 0 saturated carbocycles. The van der Waals surface area contributed by atoms with Gasteiger partial charge < -0.3 is 5.73 Å². The fourth-order valence-corrected chi connectivity index (χ4v) is 0.675. The van der Waals surface area contributed by atoms with E-state index in [1.807, 2.05) is 0 Å². The number of rotatable bonds is 5. The van der Waals surface area contributed by atoms with Crippen LogP contribution in [0.2, 0.25) is 0 Å². The summed E-state index contributed by atoms with van der Waals surface area (Å²) in [7, 11) is 0. The van der Waals surface area contributed by atoms with Gasteiger partial charge in [-0.2, -0.15) is 0 Å². The monoisotopic (exact) mass is 128 g/mol. The first kappa shape index (κ1) is 8.63. The van der Waals surface area contributed by atoms with Crippen molar-refractivity contribution in [2.24, 2.45) is 5.73 Å². The van der Waals surface area contributed by atoms with Gasteiger partial charge in [0.05, 0.1) is 0 Å². The average molecular weight is 128 g/mol. The van der Waals surface area contributed by atoms with Crippen LogP contribution < -0.4 is 5.73 Å². The molecule has 9 heavy (non-hydrogen) atoms. The molecule has 0 aromatic heterocycles. The van der Waals surface area contributed by atoms with Crippen LogP contribution in [0.4, 0.5) is 0 Å². The Morgan fingerprint density at radius 3 is 2.78 bits per heavy atom. The van der Waals surface area contributed by atoms with E-state index < -0.39 is 0 Å². The highest BCUT2D eigenvalue weighted by atomic mass is 16.1. The molecule has 0 aliphatic rings. The number of carbonyl (C=O) groups excluding carboxylic acids is 1. The number of hydrogen-bond donors (Lipinski definition) is 1. The molecule has 0 saturated heterocycles. The van der Waals surface area contributed by atoms with Gasteiger partial charge in [-0.25, -0.2) is 0 Å². The molecule has 0 aromatic carbocycles. The lowest BCUT2D eigenvalue weighted by molar-refractivity contribution is 0.526. The van der Waals surface area contributed by atoms with Gasteiger partial charge in [0, 0.05) is 12.5 Å². The molecular weight excluding hydrogens is 114 g/mol. The van der Waals surface area contributed by atoms with E-state index in [1.165, 1.54) is 0 Å². The van der Waals surface area contributed by atoms with Crippen LogP contribution in [0.5, 0.6) is 0 Å². The maximum Gasteiger partial charge on any atom is 0.199 e. The van der Waals surface area contributed by atoms with Crippen molar-refractivity contribution in [1.82, 2.24) is 0 Å². The second-order valence-corrected chi connectivity index (χ2v) is 2.25. The fraction of sp³-hybridized carbons (Fsp3) is 0.857. The fourth-order valence-electron chi connectivity index (χ4n) is 0.675. The summed E-state index contributed by atoms with van der Waals surface area (Å²) in [5.41, 5.74) is 5.51. The Kier molecular flexibility index (Phi) is 5.52. The zero-order chi connectivity index (χ0) is 7.11. The molecule has 2 heteroatoms. The molecule has 0 spiro atoms.